The van der Waals surface area contributed by atoms with Gasteiger partial charge in [-0.05, 0) is 49.2 Å². The van der Waals surface area contributed by atoms with Gasteiger partial charge in [0.15, 0.2) is 0 Å². The van der Waals surface area contributed by atoms with E-state index in [4.69, 9.17) is 11.6 Å². The van der Waals surface area contributed by atoms with E-state index in [1.165, 1.54) is 21.6 Å². The molecule has 2 atom stereocenters. The summed E-state index contributed by atoms with van der Waals surface area (Å²) in [5.74, 6) is 1.70. The normalized spacial score (nSPS) is 18.5. The van der Waals surface area contributed by atoms with Gasteiger partial charge in [-0.3, -0.25) is 0 Å². The molecule has 0 spiro atoms. The summed E-state index contributed by atoms with van der Waals surface area (Å²) in [6, 6.07) is 15.5. The zero-order chi connectivity index (χ0) is 14.8. The highest BCUT2D eigenvalue weighted by molar-refractivity contribution is 7.99. The van der Waals surface area contributed by atoms with Gasteiger partial charge in [-0.15, -0.1) is 11.8 Å². The third-order valence-corrected chi connectivity index (χ3v) is 5.80. The zero-order valence-electron chi connectivity index (χ0n) is 12.4. The number of hydrogen-bond acceptors (Lipinski definition) is 2. The number of aryl methyl sites for hydroxylation is 1. The molecule has 2 unspecified atom stereocenters. The molecule has 0 saturated carbocycles. The molecule has 3 rings (SSSR count). The summed E-state index contributed by atoms with van der Waals surface area (Å²) in [4.78, 5) is 1.43. The molecule has 3 heteroatoms. The molecule has 1 aliphatic rings. The van der Waals surface area contributed by atoms with Crippen LogP contribution in [0.2, 0.25) is 5.02 Å². The van der Waals surface area contributed by atoms with Gasteiger partial charge in [0.2, 0.25) is 0 Å². The Bertz CT molecular complexity index is 641. The number of nitrogens with one attached hydrogen (secondary N) is 1. The number of rotatable bonds is 4. The number of halogens is 1. The van der Waals surface area contributed by atoms with Crippen LogP contribution in [0.25, 0.3) is 0 Å². The van der Waals surface area contributed by atoms with Crippen LogP contribution in [0, 0.1) is 6.92 Å². The number of fused-ring (bicyclic) bond motifs is 1. The first-order valence-corrected chi connectivity index (χ1v) is 8.69. The third kappa shape index (κ3) is 3.13. The van der Waals surface area contributed by atoms with Crippen molar-refractivity contribution < 1.29 is 0 Å². The number of thioether (sulfide) groups is 1. The summed E-state index contributed by atoms with van der Waals surface area (Å²) in [6.45, 7) is 2.08. The maximum absolute atomic E-state index is 6.40. The highest BCUT2D eigenvalue weighted by atomic mass is 35.5. The van der Waals surface area contributed by atoms with Gasteiger partial charge >= 0.3 is 0 Å². The van der Waals surface area contributed by atoms with E-state index < -0.39 is 0 Å². The Kier molecular flexibility index (Phi) is 4.58. The van der Waals surface area contributed by atoms with Gasteiger partial charge in [0, 0.05) is 27.6 Å². The summed E-state index contributed by atoms with van der Waals surface area (Å²) < 4.78 is 0. The van der Waals surface area contributed by atoms with Crippen molar-refractivity contribution in [2.24, 2.45) is 0 Å². The molecule has 0 aromatic heterocycles. The van der Waals surface area contributed by atoms with Crippen LogP contribution in [0.4, 0.5) is 0 Å². The van der Waals surface area contributed by atoms with Crippen LogP contribution in [-0.4, -0.2) is 18.8 Å². The Morgan fingerprint density at radius 1 is 1.29 bits per heavy atom. The second-order valence-electron chi connectivity index (χ2n) is 5.65. The second kappa shape index (κ2) is 6.43. The summed E-state index contributed by atoms with van der Waals surface area (Å²) >= 11 is 8.37. The highest BCUT2D eigenvalue weighted by Gasteiger charge is 2.29. The molecule has 110 valence electrons. The van der Waals surface area contributed by atoms with Crippen LogP contribution in [0.5, 0.6) is 0 Å². The van der Waals surface area contributed by atoms with E-state index in [9.17, 15) is 0 Å². The van der Waals surface area contributed by atoms with Crippen LogP contribution in [-0.2, 0) is 6.42 Å². The van der Waals surface area contributed by atoms with Crippen molar-refractivity contribution in [1.29, 1.82) is 0 Å². The van der Waals surface area contributed by atoms with Crippen molar-refractivity contribution >= 4 is 23.4 Å². The topological polar surface area (TPSA) is 12.0 Å². The first-order valence-electron chi connectivity index (χ1n) is 7.33. The Labute approximate surface area is 136 Å². The molecular weight excluding hydrogens is 298 g/mol. The number of benzene rings is 2. The van der Waals surface area contributed by atoms with Crippen LogP contribution in [0.3, 0.4) is 0 Å². The van der Waals surface area contributed by atoms with E-state index in [1.54, 1.807) is 0 Å². The molecule has 0 radical (unpaired) electrons. The lowest BCUT2D eigenvalue weighted by Crippen LogP contribution is -2.34. The van der Waals surface area contributed by atoms with E-state index in [0.717, 1.165) is 17.2 Å². The van der Waals surface area contributed by atoms with Crippen molar-refractivity contribution in [1.82, 2.24) is 5.32 Å². The summed E-state index contributed by atoms with van der Waals surface area (Å²) in [7, 11) is 2.05. The molecule has 21 heavy (non-hydrogen) atoms. The van der Waals surface area contributed by atoms with Gasteiger partial charge in [-0.2, -0.15) is 0 Å². The maximum atomic E-state index is 6.40. The summed E-state index contributed by atoms with van der Waals surface area (Å²) in [6.07, 6.45) is 0.967. The van der Waals surface area contributed by atoms with Crippen LogP contribution >= 0.6 is 23.4 Å². The lowest BCUT2D eigenvalue weighted by atomic mass is 9.89. The van der Waals surface area contributed by atoms with E-state index in [1.807, 2.05) is 11.8 Å². The Morgan fingerprint density at radius 3 is 2.86 bits per heavy atom. The second-order valence-corrected chi connectivity index (χ2v) is 7.12. The van der Waals surface area contributed by atoms with Gasteiger partial charge in [0.05, 0.1) is 0 Å². The Balaban J connectivity index is 1.83. The van der Waals surface area contributed by atoms with Gasteiger partial charge in [0.25, 0.3) is 0 Å². The van der Waals surface area contributed by atoms with Gasteiger partial charge in [-0.1, -0.05) is 41.9 Å². The van der Waals surface area contributed by atoms with Crippen LogP contribution < -0.4 is 5.32 Å². The molecule has 1 N–H and O–H groups in total. The highest BCUT2D eigenvalue weighted by Crippen LogP contribution is 2.41. The van der Waals surface area contributed by atoms with E-state index in [2.05, 4.69) is 61.8 Å². The zero-order valence-corrected chi connectivity index (χ0v) is 14.0. The molecule has 0 saturated heterocycles. The van der Waals surface area contributed by atoms with E-state index in [0.29, 0.717) is 12.0 Å². The molecule has 1 aliphatic heterocycles. The van der Waals surface area contributed by atoms with Crippen molar-refractivity contribution in [3.63, 3.8) is 0 Å². The molecular formula is C18H20ClNS. The lowest BCUT2D eigenvalue weighted by molar-refractivity contribution is 0.489. The fraction of sp³-hybridized carbons (Fsp3) is 0.333. The standard InChI is InChI=1S/C18H20ClNS/c1-12-7-8-13(16(19)9-12)10-17(20-2)15-11-21-18-6-4-3-5-14(15)18/h3-9,15,17,20H,10-11H2,1-2H3. The molecule has 0 amide bonds. The first kappa shape index (κ1) is 15.0. The molecule has 1 heterocycles. The van der Waals surface area contributed by atoms with Crippen LogP contribution in [0.15, 0.2) is 47.4 Å². The molecule has 0 fully saturated rings. The van der Waals surface area contributed by atoms with Gasteiger partial charge in [-0.25, -0.2) is 0 Å². The smallest absolute Gasteiger partial charge is 0.0441 e. The minimum atomic E-state index is 0.418. The molecule has 0 aliphatic carbocycles. The minimum Gasteiger partial charge on any atom is -0.316 e. The predicted octanol–water partition coefficient (Wildman–Crippen LogP) is 4.67. The molecule has 2 aromatic rings. The average Bonchev–Trinajstić information content (AvgIpc) is 2.91. The first-order chi connectivity index (χ1) is 10.2. The fourth-order valence-corrected chi connectivity index (χ4v) is 4.66. The number of hydrogen-bond donors (Lipinski definition) is 1. The van der Waals surface area contributed by atoms with Gasteiger partial charge < -0.3 is 5.32 Å². The SMILES string of the molecule is CNC(Cc1ccc(C)cc1Cl)C1CSc2ccccc21. The average molecular weight is 318 g/mol. The largest absolute Gasteiger partial charge is 0.316 e. The summed E-state index contributed by atoms with van der Waals surface area (Å²) in [5, 5.41) is 4.39. The van der Waals surface area contributed by atoms with E-state index >= 15 is 0 Å². The number of likely N-dealkylation sites (N-methyl/N-ethyl adjacent to an activating group) is 1. The van der Waals surface area contributed by atoms with E-state index in [-0.39, 0.29) is 0 Å². The Hall–Kier alpha value is -0.960. The van der Waals surface area contributed by atoms with Crippen molar-refractivity contribution in [2.45, 2.75) is 30.2 Å². The predicted molar refractivity (Wildman–Crippen MR) is 92.6 cm³/mol. The van der Waals surface area contributed by atoms with Gasteiger partial charge in [0.1, 0.15) is 0 Å². The van der Waals surface area contributed by atoms with Crippen molar-refractivity contribution in [3.05, 3.63) is 64.2 Å². The molecule has 2 aromatic carbocycles. The molecule has 0 bridgehead atoms. The Morgan fingerprint density at radius 2 is 2.10 bits per heavy atom. The lowest BCUT2D eigenvalue weighted by Gasteiger charge is -2.24. The van der Waals surface area contributed by atoms with Crippen LogP contribution in [0.1, 0.15) is 22.6 Å². The summed E-state index contributed by atoms with van der Waals surface area (Å²) in [5.41, 5.74) is 3.92. The fourth-order valence-electron chi connectivity index (χ4n) is 3.02. The molecule has 1 nitrogen and oxygen atoms in total. The quantitative estimate of drug-likeness (QED) is 0.879. The monoisotopic (exact) mass is 317 g/mol. The van der Waals surface area contributed by atoms with Crippen molar-refractivity contribution in [2.75, 3.05) is 12.8 Å². The minimum absolute atomic E-state index is 0.418. The maximum Gasteiger partial charge on any atom is 0.0441 e. The van der Waals surface area contributed by atoms with Crippen molar-refractivity contribution in [3.8, 4) is 0 Å². The third-order valence-electron chi connectivity index (χ3n) is 4.24.